The van der Waals surface area contributed by atoms with Gasteiger partial charge in [-0.1, -0.05) is 6.07 Å². The van der Waals surface area contributed by atoms with Gasteiger partial charge in [-0.3, -0.25) is 14.6 Å². The molecule has 0 spiro atoms. The van der Waals surface area contributed by atoms with Gasteiger partial charge in [-0.2, -0.15) is 0 Å². The number of piperidine rings is 1. The summed E-state index contributed by atoms with van der Waals surface area (Å²) in [5.41, 5.74) is 2.06. The van der Waals surface area contributed by atoms with Crippen molar-refractivity contribution in [2.24, 2.45) is 5.92 Å². The molecular weight excluding hydrogens is 370 g/mol. The molecule has 0 aromatic carbocycles. The molecule has 0 radical (unpaired) electrons. The lowest BCUT2D eigenvalue weighted by atomic mass is 9.93. The molecule has 3 heterocycles. The standard InChI is InChI=1S/C22H29N3O2S/c1-17-11-15-28-21(17)22(27)25-13-5-6-18(16-25)8-9-20(26)24(2)14-10-19-7-3-4-12-23-19/h3-4,7,11-12,15,18H,5-6,8-10,13-14,16H2,1-2H3. The van der Waals surface area contributed by atoms with Crippen LogP contribution in [0.1, 0.15) is 46.6 Å². The molecule has 28 heavy (non-hydrogen) atoms. The van der Waals surface area contributed by atoms with E-state index in [9.17, 15) is 9.59 Å². The van der Waals surface area contributed by atoms with Crippen LogP contribution in [0.25, 0.3) is 0 Å². The van der Waals surface area contributed by atoms with Crippen molar-refractivity contribution in [1.29, 1.82) is 0 Å². The molecule has 5 nitrogen and oxygen atoms in total. The van der Waals surface area contributed by atoms with Crippen molar-refractivity contribution in [2.45, 2.75) is 39.0 Å². The second-order valence-electron chi connectivity index (χ2n) is 7.62. The quantitative estimate of drug-likeness (QED) is 0.712. The van der Waals surface area contributed by atoms with Gasteiger partial charge in [-0.15, -0.1) is 11.3 Å². The highest BCUT2D eigenvalue weighted by Gasteiger charge is 2.26. The van der Waals surface area contributed by atoms with Crippen molar-refractivity contribution in [2.75, 3.05) is 26.7 Å². The molecule has 1 saturated heterocycles. The molecule has 3 rings (SSSR count). The van der Waals surface area contributed by atoms with Gasteiger partial charge in [0.25, 0.3) is 5.91 Å². The van der Waals surface area contributed by atoms with Crippen LogP contribution >= 0.6 is 11.3 Å². The smallest absolute Gasteiger partial charge is 0.264 e. The molecule has 1 aliphatic heterocycles. The second kappa shape index (κ2) is 9.82. The van der Waals surface area contributed by atoms with Crippen LogP contribution < -0.4 is 0 Å². The van der Waals surface area contributed by atoms with E-state index in [1.165, 1.54) is 11.3 Å². The summed E-state index contributed by atoms with van der Waals surface area (Å²) in [5.74, 6) is 0.732. The van der Waals surface area contributed by atoms with Gasteiger partial charge in [0, 0.05) is 51.4 Å². The largest absolute Gasteiger partial charge is 0.345 e. The topological polar surface area (TPSA) is 53.5 Å². The predicted molar refractivity (Wildman–Crippen MR) is 112 cm³/mol. The number of aromatic nitrogens is 1. The Morgan fingerprint density at radius 1 is 1.32 bits per heavy atom. The van der Waals surface area contributed by atoms with Crippen LogP contribution in [0.2, 0.25) is 0 Å². The summed E-state index contributed by atoms with van der Waals surface area (Å²) in [7, 11) is 1.86. The first-order valence-corrected chi connectivity index (χ1v) is 10.9. The number of likely N-dealkylation sites (tertiary alicyclic amines) is 1. The number of amides is 2. The summed E-state index contributed by atoms with van der Waals surface area (Å²) in [6.45, 7) is 4.26. The number of thiophene rings is 1. The molecule has 2 aromatic heterocycles. The Labute approximate surface area is 171 Å². The Bertz CT molecular complexity index is 790. The van der Waals surface area contributed by atoms with Crippen molar-refractivity contribution < 1.29 is 9.59 Å². The Balaban J connectivity index is 1.44. The molecule has 0 N–H and O–H groups in total. The highest BCUT2D eigenvalue weighted by atomic mass is 32.1. The first-order chi connectivity index (χ1) is 13.5. The average Bonchev–Trinajstić information content (AvgIpc) is 3.16. The summed E-state index contributed by atoms with van der Waals surface area (Å²) >= 11 is 1.52. The van der Waals surface area contributed by atoms with E-state index in [-0.39, 0.29) is 11.8 Å². The van der Waals surface area contributed by atoms with E-state index in [1.807, 2.05) is 48.5 Å². The van der Waals surface area contributed by atoms with E-state index in [4.69, 9.17) is 0 Å². The second-order valence-corrected chi connectivity index (χ2v) is 8.53. The lowest BCUT2D eigenvalue weighted by Gasteiger charge is -2.33. The first kappa shape index (κ1) is 20.5. The third-order valence-corrected chi connectivity index (χ3v) is 6.49. The van der Waals surface area contributed by atoms with Gasteiger partial charge in [0.15, 0.2) is 0 Å². The van der Waals surface area contributed by atoms with Crippen LogP contribution in [0, 0.1) is 12.8 Å². The van der Waals surface area contributed by atoms with Crippen LogP contribution in [-0.4, -0.2) is 53.3 Å². The molecular formula is C22H29N3O2S. The lowest BCUT2D eigenvalue weighted by Crippen LogP contribution is -2.40. The Kier molecular flexibility index (Phi) is 7.20. The minimum absolute atomic E-state index is 0.149. The number of carbonyl (C=O) groups is 2. The monoisotopic (exact) mass is 399 g/mol. The minimum Gasteiger partial charge on any atom is -0.345 e. The normalized spacial score (nSPS) is 16.8. The molecule has 1 aliphatic rings. The molecule has 0 bridgehead atoms. The van der Waals surface area contributed by atoms with E-state index in [0.717, 1.165) is 54.9 Å². The maximum absolute atomic E-state index is 12.7. The Morgan fingerprint density at radius 2 is 2.18 bits per heavy atom. The summed E-state index contributed by atoms with van der Waals surface area (Å²) < 4.78 is 0. The fourth-order valence-corrected chi connectivity index (χ4v) is 4.58. The fourth-order valence-electron chi connectivity index (χ4n) is 3.69. The molecule has 1 atom stereocenters. The molecule has 1 fully saturated rings. The van der Waals surface area contributed by atoms with Gasteiger partial charge in [-0.05, 0) is 61.2 Å². The minimum atomic E-state index is 0.149. The van der Waals surface area contributed by atoms with E-state index >= 15 is 0 Å². The molecule has 150 valence electrons. The summed E-state index contributed by atoms with van der Waals surface area (Å²) in [6.07, 6.45) is 6.06. The maximum atomic E-state index is 12.7. The maximum Gasteiger partial charge on any atom is 0.264 e. The number of likely N-dealkylation sites (N-methyl/N-ethyl adjacent to an activating group) is 1. The highest BCUT2D eigenvalue weighted by Crippen LogP contribution is 2.25. The van der Waals surface area contributed by atoms with Gasteiger partial charge in [0.05, 0.1) is 4.88 Å². The molecule has 1 unspecified atom stereocenters. The Morgan fingerprint density at radius 3 is 2.89 bits per heavy atom. The van der Waals surface area contributed by atoms with Gasteiger partial charge in [-0.25, -0.2) is 0 Å². The zero-order valence-corrected chi connectivity index (χ0v) is 17.6. The molecule has 2 aromatic rings. The van der Waals surface area contributed by atoms with Gasteiger partial charge >= 0.3 is 0 Å². The third-order valence-electron chi connectivity index (χ3n) is 5.48. The number of aryl methyl sites for hydroxylation is 1. The molecule has 0 saturated carbocycles. The number of carbonyl (C=O) groups excluding carboxylic acids is 2. The van der Waals surface area contributed by atoms with Gasteiger partial charge < -0.3 is 9.80 Å². The molecule has 6 heteroatoms. The predicted octanol–water partition coefficient (Wildman–Crippen LogP) is 3.79. The third kappa shape index (κ3) is 5.41. The van der Waals surface area contributed by atoms with Crippen LogP contribution in [-0.2, 0) is 11.2 Å². The van der Waals surface area contributed by atoms with Crippen LogP contribution in [0.4, 0.5) is 0 Å². The first-order valence-electron chi connectivity index (χ1n) is 10.0. The van der Waals surface area contributed by atoms with Gasteiger partial charge in [0.2, 0.25) is 5.91 Å². The summed E-state index contributed by atoms with van der Waals surface area (Å²) in [4.78, 5) is 34.2. The van der Waals surface area contributed by atoms with E-state index in [1.54, 1.807) is 11.1 Å². The summed E-state index contributed by atoms with van der Waals surface area (Å²) in [6, 6.07) is 7.86. The number of rotatable bonds is 7. The van der Waals surface area contributed by atoms with Crippen molar-refractivity contribution in [1.82, 2.24) is 14.8 Å². The number of hydrogen-bond donors (Lipinski definition) is 0. The average molecular weight is 400 g/mol. The highest BCUT2D eigenvalue weighted by molar-refractivity contribution is 7.12. The zero-order valence-electron chi connectivity index (χ0n) is 16.8. The number of nitrogens with zero attached hydrogens (tertiary/aromatic N) is 3. The van der Waals surface area contributed by atoms with Crippen molar-refractivity contribution in [3.8, 4) is 0 Å². The van der Waals surface area contributed by atoms with Crippen LogP contribution in [0.15, 0.2) is 35.8 Å². The van der Waals surface area contributed by atoms with Gasteiger partial charge in [0.1, 0.15) is 0 Å². The summed E-state index contributed by atoms with van der Waals surface area (Å²) in [5, 5.41) is 1.98. The van der Waals surface area contributed by atoms with E-state index in [0.29, 0.717) is 18.9 Å². The molecule has 0 aliphatic carbocycles. The SMILES string of the molecule is Cc1ccsc1C(=O)N1CCCC(CCC(=O)N(C)CCc2ccccn2)C1. The van der Waals surface area contributed by atoms with Crippen molar-refractivity contribution >= 4 is 23.2 Å². The van der Waals surface area contributed by atoms with Crippen molar-refractivity contribution in [3.63, 3.8) is 0 Å². The number of pyridine rings is 1. The Hall–Kier alpha value is -2.21. The van der Waals surface area contributed by atoms with Crippen LogP contribution in [0.5, 0.6) is 0 Å². The zero-order chi connectivity index (χ0) is 19.9. The van der Waals surface area contributed by atoms with E-state index in [2.05, 4.69) is 4.98 Å². The van der Waals surface area contributed by atoms with Crippen molar-refractivity contribution in [3.05, 3.63) is 52.0 Å². The number of hydrogen-bond acceptors (Lipinski definition) is 4. The van der Waals surface area contributed by atoms with E-state index < -0.39 is 0 Å². The lowest BCUT2D eigenvalue weighted by molar-refractivity contribution is -0.130. The van der Waals surface area contributed by atoms with Crippen LogP contribution in [0.3, 0.4) is 0 Å². The fraction of sp³-hybridized carbons (Fsp3) is 0.500. The molecule has 2 amide bonds.